The van der Waals surface area contributed by atoms with E-state index >= 15 is 0 Å². The van der Waals surface area contributed by atoms with Crippen molar-refractivity contribution in [1.29, 1.82) is 0 Å². The van der Waals surface area contributed by atoms with Crippen LogP contribution < -0.4 is 19.7 Å². The number of hydrogen-bond donors (Lipinski definition) is 2. The Kier molecular flexibility index (Phi) is 7.03. The Hall–Kier alpha value is -3.85. The van der Waals surface area contributed by atoms with Gasteiger partial charge >= 0.3 is 6.03 Å². The van der Waals surface area contributed by atoms with Crippen molar-refractivity contribution < 1.29 is 22.7 Å². The molecule has 0 saturated heterocycles. The van der Waals surface area contributed by atoms with E-state index in [1.807, 2.05) is 37.3 Å². The predicted molar refractivity (Wildman–Crippen MR) is 138 cm³/mol. The van der Waals surface area contributed by atoms with Gasteiger partial charge in [0.05, 0.1) is 11.5 Å². The Morgan fingerprint density at radius 1 is 1.00 bits per heavy atom. The molecule has 9 heteroatoms. The Balaban J connectivity index is 1.59. The summed E-state index contributed by atoms with van der Waals surface area (Å²) in [6.45, 7) is 4.07. The van der Waals surface area contributed by atoms with Gasteiger partial charge in [-0.25, -0.2) is 17.9 Å². The van der Waals surface area contributed by atoms with E-state index in [-0.39, 0.29) is 16.7 Å². The summed E-state index contributed by atoms with van der Waals surface area (Å²) in [5, 5.41) is 2.70. The van der Waals surface area contributed by atoms with Crippen molar-refractivity contribution in [2.45, 2.75) is 36.6 Å². The zero-order valence-electron chi connectivity index (χ0n) is 20.4. The average Bonchev–Trinajstić information content (AvgIpc) is 3.59. The average molecular weight is 508 g/mol. The fourth-order valence-electron chi connectivity index (χ4n) is 4.39. The quantitative estimate of drug-likeness (QED) is 0.480. The third kappa shape index (κ3) is 5.06. The number of nitrogens with one attached hydrogen (secondary N) is 2. The SMILES string of the molecule is CCOc1ccc(N(C)C(=O)[C@]2(NC(=O)NS(=O)(=O)c3ccccc3C)CC2c2ccccc2)cc1. The van der Waals surface area contributed by atoms with Crippen LogP contribution >= 0.6 is 0 Å². The molecule has 0 aromatic heterocycles. The van der Waals surface area contributed by atoms with Crippen LogP contribution in [0.1, 0.15) is 30.4 Å². The van der Waals surface area contributed by atoms with Gasteiger partial charge in [0, 0.05) is 18.7 Å². The molecule has 0 aliphatic heterocycles. The number of sulfonamides is 1. The Bertz CT molecular complexity index is 1360. The van der Waals surface area contributed by atoms with Crippen molar-refractivity contribution in [1.82, 2.24) is 10.0 Å². The predicted octanol–water partition coefficient (Wildman–Crippen LogP) is 3.97. The fourth-order valence-corrected chi connectivity index (χ4v) is 5.55. The minimum atomic E-state index is -4.13. The maximum Gasteiger partial charge on any atom is 0.329 e. The van der Waals surface area contributed by atoms with Gasteiger partial charge in [0.15, 0.2) is 0 Å². The maximum atomic E-state index is 13.8. The van der Waals surface area contributed by atoms with Crippen molar-refractivity contribution in [3.63, 3.8) is 0 Å². The summed E-state index contributed by atoms with van der Waals surface area (Å²) in [6.07, 6.45) is 0.342. The van der Waals surface area contributed by atoms with Gasteiger partial charge in [-0.05, 0) is 61.7 Å². The molecule has 36 heavy (non-hydrogen) atoms. The molecule has 3 aromatic carbocycles. The summed E-state index contributed by atoms with van der Waals surface area (Å²) in [5.41, 5.74) is 0.719. The normalized spacial score (nSPS) is 18.7. The van der Waals surface area contributed by atoms with Gasteiger partial charge in [-0.1, -0.05) is 48.5 Å². The highest BCUT2D eigenvalue weighted by molar-refractivity contribution is 7.90. The van der Waals surface area contributed by atoms with Crippen LogP contribution in [0, 0.1) is 6.92 Å². The minimum Gasteiger partial charge on any atom is -0.494 e. The first-order valence-electron chi connectivity index (χ1n) is 11.6. The van der Waals surface area contributed by atoms with Crippen molar-refractivity contribution in [2.24, 2.45) is 0 Å². The molecule has 8 nitrogen and oxygen atoms in total. The van der Waals surface area contributed by atoms with Crippen LogP contribution in [0.3, 0.4) is 0 Å². The number of rotatable bonds is 8. The first-order valence-corrected chi connectivity index (χ1v) is 13.1. The van der Waals surface area contributed by atoms with Crippen molar-refractivity contribution in [2.75, 3.05) is 18.6 Å². The van der Waals surface area contributed by atoms with Gasteiger partial charge in [-0.15, -0.1) is 0 Å². The second-order valence-corrected chi connectivity index (χ2v) is 10.4. The molecule has 3 amide bonds. The Morgan fingerprint density at radius 2 is 1.64 bits per heavy atom. The Morgan fingerprint density at radius 3 is 2.28 bits per heavy atom. The van der Waals surface area contributed by atoms with Gasteiger partial charge in [-0.3, -0.25) is 4.79 Å². The largest absolute Gasteiger partial charge is 0.494 e. The van der Waals surface area contributed by atoms with E-state index in [9.17, 15) is 18.0 Å². The van der Waals surface area contributed by atoms with E-state index in [0.29, 0.717) is 30.0 Å². The molecule has 1 saturated carbocycles. The van der Waals surface area contributed by atoms with Crippen LogP contribution in [-0.2, 0) is 14.8 Å². The molecule has 1 fully saturated rings. The molecule has 0 spiro atoms. The van der Waals surface area contributed by atoms with Crippen LogP contribution in [0.2, 0.25) is 0 Å². The zero-order valence-corrected chi connectivity index (χ0v) is 21.2. The third-order valence-electron chi connectivity index (χ3n) is 6.33. The lowest BCUT2D eigenvalue weighted by Crippen LogP contribution is -2.54. The highest BCUT2D eigenvalue weighted by Gasteiger charge is 2.63. The number of anilines is 1. The minimum absolute atomic E-state index is 0.00226. The summed E-state index contributed by atoms with van der Waals surface area (Å²) in [6, 6.07) is 21.9. The van der Waals surface area contributed by atoms with Crippen molar-refractivity contribution in [3.8, 4) is 5.75 Å². The number of ether oxygens (including phenoxy) is 1. The Labute approximate surface area is 211 Å². The maximum absolute atomic E-state index is 13.8. The molecule has 1 aliphatic rings. The summed E-state index contributed by atoms with van der Waals surface area (Å²) >= 11 is 0. The summed E-state index contributed by atoms with van der Waals surface area (Å²) in [5.74, 6) is 0.0385. The number of hydrogen-bond acceptors (Lipinski definition) is 5. The van der Waals surface area contributed by atoms with Crippen LogP contribution in [0.25, 0.3) is 0 Å². The van der Waals surface area contributed by atoms with E-state index in [2.05, 4.69) is 10.0 Å². The highest BCUT2D eigenvalue weighted by Crippen LogP contribution is 2.52. The first kappa shape index (κ1) is 25.2. The molecule has 1 unspecified atom stereocenters. The number of likely N-dealkylation sites (N-methyl/N-ethyl adjacent to an activating group) is 1. The zero-order chi connectivity index (χ0) is 25.9. The van der Waals surface area contributed by atoms with Crippen LogP contribution in [0.5, 0.6) is 5.75 Å². The number of aryl methyl sites for hydroxylation is 1. The number of nitrogens with zero attached hydrogens (tertiary/aromatic N) is 1. The molecule has 4 rings (SSSR count). The number of urea groups is 1. The summed E-state index contributed by atoms with van der Waals surface area (Å²) < 4.78 is 33.3. The lowest BCUT2D eigenvalue weighted by Gasteiger charge is -2.26. The van der Waals surface area contributed by atoms with Crippen LogP contribution in [0.15, 0.2) is 83.8 Å². The number of amides is 3. The van der Waals surface area contributed by atoms with Crippen LogP contribution in [0.4, 0.5) is 10.5 Å². The van der Waals surface area contributed by atoms with E-state index in [4.69, 9.17) is 4.74 Å². The molecule has 2 atom stereocenters. The van der Waals surface area contributed by atoms with Gasteiger partial charge in [-0.2, -0.15) is 0 Å². The number of carbonyl (C=O) groups is 2. The van der Waals surface area contributed by atoms with E-state index < -0.39 is 21.6 Å². The lowest BCUT2D eigenvalue weighted by atomic mass is 10.0. The highest BCUT2D eigenvalue weighted by atomic mass is 32.2. The fraction of sp³-hybridized carbons (Fsp3) is 0.259. The standard InChI is InChI=1S/C27H29N3O5S/c1-4-35-22-16-14-21(15-17-22)30(3)25(31)27(18-23(27)20-11-6-5-7-12-20)28-26(32)29-36(33,34)24-13-9-8-10-19(24)2/h5-17,23H,4,18H2,1-3H3,(H2,28,29,32)/t23?,27-/m0/s1. The molecule has 0 radical (unpaired) electrons. The molecule has 2 N–H and O–H groups in total. The first-order chi connectivity index (χ1) is 17.2. The number of carbonyl (C=O) groups excluding carboxylic acids is 2. The molecule has 0 heterocycles. The van der Waals surface area contributed by atoms with Crippen LogP contribution in [-0.4, -0.2) is 39.5 Å². The molecule has 188 valence electrons. The van der Waals surface area contributed by atoms with Gasteiger partial charge in [0.25, 0.3) is 15.9 Å². The second-order valence-electron chi connectivity index (χ2n) is 8.75. The molecular formula is C27H29N3O5S. The van der Waals surface area contributed by atoms with E-state index in [0.717, 1.165) is 5.56 Å². The van der Waals surface area contributed by atoms with Crippen molar-refractivity contribution in [3.05, 3.63) is 90.0 Å². The smallest absolute Gasteiger partial charge is 0.329 e. The summed E-state index contributed by atoms with van der Waals surface area (Å²) in [4.78, 5) is 28.2. The molecule has 3 aromatic rings. The van der Waals surface area contributed by atoms with Crippen molar-refractivity contribution >= 4 is 27.6 Å². The summed E-state index contributed by atoms with van der Waals surface area (Å²) in [7, 11) is -2.50. The van der Waals surface area contributed by atoms with Gasteiger partial charge in [0.2, 0.25) is 0 Å². The molecular weight excluding hydrogens is 478 g/mol. The molecule has 0 bridgehead atoms. The van der Waals surface area contributed by atoms with Gasteiger partial charge in [0.1, 0.15) is 11.3 Å². The van der Waals surface area contributed by atoms with E-state index in [1.165, 1.54) is 11.0 Å². The third-order valence-corrected chi connectivity index (χ3v) is 7.82. The number of benzene rings is 3. The second kappa shape index (κ2) is 10.0. The monoisotopic (exact) mass is 507 g/mol. The topological polar surface area (TPSA) is 105 Å². The van der Waals surface area contributed by atoms with Gasteiger partial charge < -0.3 is 15.0 Å². The van der Waals surface area contributed by atoms with E-state index in [1.54, 1.807) is 56.4 Å². The molecule has 1 aliphatic carbocycles. The lowest BCUT2D eigenvalue weighted by molar-refractivity contribution is -0.121.